The summed E-state index contributed by atoms with van der Waals surface area (Å²) in [5.41, 5.74) is 1.99. The number of hydrogen-bond acceptors (Lipinski definition) is 2. The summed E-state index contributed by atoms with van der Waals surface area (Å²) in [5, 5.41) is 0. The number of hydrogen-bond donors (Lipinski definition) is 0. The van der Waals surface area contributed by atoms with Crippen LogP contribution in [-0.2, 0) is 0 Å². The molecule has 1 heterocycles. The van der Waals surface area contributed by atoms with E-state index < -0.39 is 0 Å². The lowest BCUT2D eigenvalue weighted by Gasteiger charge is -2.02. The number of aromatic nitrogens is 1. The van der Waals surface area contributed by atoms with Crippen molar-refractivity contribution < 1.29 is 4.74 Å². The Hall–Kier alpha value is -2.09. The van der Waals surface area contributed by atoms with Crippen molar-refractivity contribution >= 4 is 12.2 Å². The Bertz CT molecular complexity index is 477. The highest BCUT2D eigenvalue weighted by Gasteiger charge is 1.96. The van der Waals surface area contributed by atoms with Gasteiger partial charge in [-0.15, -0.1) is 0 Å². The molecule has 0 radical (unpaired) electrons. The zero-order valence-corrected chi connectivity index (χ0v) is 9.13. The third kappa shape index (κ3) is 2.48. The van der Waals surface area contributed by atoms with Crippen LogP contribution in [0.15, 0.2) is 48.7 Å². The highest BCUT2D eigenvalue weighted by atomic mass is 16.5. The highest BCUT2D eigenvalue weighted by Crippen LogP contribution is 2.19. The molecule has 2 heteroatoms. The average Bonchev–Trinajstić information content (AvgIpc) is 2.38. The molecule has 1 aromatic carbocycles. The van der Waals surface area contributed by atoms with Gasteiger partial charge in [0.25, 0.3) is 0 Å². The molecule has 0 aliphatic heterocycles. The van der Waals surface area contributed by atoms with Gasteiger partial charge in [0.1, 0.15) is 5.75 Å². The standard InChI is InChI=1S/C14H13NO/c1-16-14-8-3-2-6-12(14)9-10-13-7-4-5-11-15-13/h2-11H,1H3. The Morgan fingerprint density at radius 1 is 1.00 bits per heavy atom. The lowest BCUT2D eigenvalue weighted by molar-refractivity contribution is 0.414. The van der Waals surface area contributed by atoms with E-state index in [9.17, 15) is 0 Å². The molecule has 0 bridgehead atoms. The summed E-state index contributed by atoms with van der Waals surface area (Å²) < 4.78 is 5.26. The Kier molecular flexibility index (Phi) is 3.34. The van der Waals surface area contributed by atoms with Gasteiger partial charge < -0.3 is 4.74 Å². The van der Waals surface area contributed by atoms with Crippen molar-refractivity contribution in [3.8, 4) is 5.75 Å². The molecule has 16 heavy (non-hydrogen) atoms. The van der Waals surface area contributed by atoms with Crippen LogP contribution >= 0.6 is 0 Å². The molecule has 0 saturated carbocycles. The first-order valence-corrected chi connectivity index (χ1v) is 5.12. The number of benzene rings is 1. The van der Waals surface area contributed by atoms with E-state index in [1.807, 2.05) is 54.6 Å². The average molecular weight is 211 g/mol. The summed E-state index contributed by atoms with van der Waals surface area (Å²) in [5.74, 6) is 0.870. The van der Waals surface area contributed by atoms with E-state index in [0.29, 0.717) is 0 Å². The molecule has 0 saturated heterocycles. The maximum atomic E-state index is 5.26. The quantitative estimate of drug-likeness (QED) is 0.777. The van der Waals surface area contributed by atoms with Crippen molar-refractivity contribution in [1.82, 2.24) is 4.98 Å². The molecule has 0 fully saturated rings. The third-order valence-corrected chi connectivity index (χ3v) is 2.26. The van der Waals surface area contributed by atoms with Crippen molar-refractivity contribution in [1.29, 1.82) is 0 Å². The smallest absolute Gasteiger partial charge is 0.126 e. The fourth-order valence-corrected chi connectivity index (χ4v) is 1.45. The Labute approximate surface area is 95.2 Å². The van der Waals surface area contributed by atoms with E-state index >= 15 is 0 Å². The molecule has 80 valence electrons. The van der Waals surface area contributed by atoms with Crippen LogP contribution in [0.2, 0.25) is 0 Å². The van der Waals surface area contributed by atoms with E-state index in [1.54, 1.807) is 13.3 Å². The van der Waals surface area contributed by atoms with Crippen molar-refractivity contribution in [3.05, 3.63) is 59.9 Å². The first kappa shape index (κ1) is 10.4. The maximum Gasteiger partial charge on any atom is 0.126 e. The molecule has 1 aromatic heterocycles. The lowest BCUT2D eigenvalue weighted by atomic mass is 10.1. The topological polar surface area (TPSA) is 22.1 Å². The summed E-state index contributed by atoms with van der Waals surface area (Å²) in [4.78, 5) is 4.22. The number of nitrogens with zero attached hydrogens (tertiary/aromatic N) is 1. The van der Waals surface area contributed by atoms with Crippen LogP contribution in [0, 0.1) is 0 Å². The maximum absolute atomic E-state index is 5.26. The van der Waals surface area contributed by atoms with E-state index in [2.05, 4.69) is 4.98 Å². The zero-order valence-electron chi connectivity index (χ0n) is 9.13. The van der Waals surface area contributed by atoms with Gasteiger partial charge >= 0.3 is 0 Å². The van der Waals surface area contributed by atoms with Crippen LogP contribution < -0.4 is 4.74 Å². The second-order valence-corrected chi connectivity index (χ2v) is 3.33. The molecule has 0 atom stereocenters. The van der Waals surface area contributed by atoms with Gasteiger partial charge in [-0.3, -0.25) is 4.98 Å². The van der Waals surface area contributed by atoms with Crippen LogP contribution in [0.25, 0.3) is 12.2 Å². The zero-order chi connectivity index (χ0) is 11.2. The molecule has 0 unspecified atom stereocenters. The Morgan fingerprint density at radius 3 is 2.56 bits per heavy atom. The van der Waals surface area contributed by atoms with Crippen molar-refractivity contribution in [2.75, 3.05) is 7.11 Å². The molecule has 0 spiro atoms. The summed E-state index contributed by atoms with van der Waals surface area (Å²) >= 11 is 0. The van der Waals surface area contributed by atoms with Gasteiger partial charge in [-0.25, -0.2) is 0 Å². The second kappa shape index (κ2) is 5.12. The number of pyridine rings is 1. The molecule has 2 nitrogen and oxygen atoms in total. The van der Waals surface area contributed by atoms with E-state index in [-0.39, 0.29) is 0 Å². The van der Waals surface area contributed by atoms with Gasteiger partial charge in [0, 0.05) is 11.8 Å². The third-order valence-electron chi connectivity index (χ3n) is 2.26. The van der Waals surface area contributed by atoms with Gasteiger partial charge in [-0.1, -0.05) is 24.3 Å². The van der Waals surface area contributed by atoms with Crippen LogP contribution in [-0.4, -0.2) is 12.1 Å². The first-order chi connectivity index (χ1) is 7.90. The van der Waals surface area contributed by atoms with Gasteiger partial charge in [-0.05, 0) is 30.4 Å². The lowest BCUT2D eigenvalue weighted by Crippen LogP contribution is -1.85. The fraction of sp³-hybridized carbons (Fsp3) is 0.0714. The predicted molar refractivity (Wildman–Crippen MR) is 66.2 cm³/mol. The molecular formula is C14H13NO. The van der Waals surface area contributed by atoms with Crippen LogP contribution in [0.4, 0.5) is 0 Å². The summed E-state index contributed by atoms with van der Waals surface area (Å²) in [6.45, 7) is 0. The minimum atomic E-state index is 0.870. The molecular weight excluding hydrogens is 198 g/mol. The van der Waals surface area contributed by atoms with Gasteiger partial charge in [0.2, 0.25) is 0 Å². The first-order valence-electron chi connectivity index (χ1n) is 5.12. The molecule has 0 aliphatic rings. The van der Waals surface area contributed by atoms with Crippen molar-refractivity contribution in [2.45, 2.75) is 0 Å². The number of rotatable bonds is 3. The van der Waals surface area contributed by atoms with Gasteiger partial charge in [0.15, 0.2) is 0 Å². The molecule has 0 amide bonds. The molecule has 0 aliphatic carbocycles. The summed E-state index contributed by atoms with van der Waals surface area (Å²) in [7, 11) is 1.67. The predicted octanol–water partition coefficient (Wildman–Crippen LogP) is 3.26. The Morgan fingerprint density at radius 2 is 1.81 bits per heavy atom. The van der Waals surface area contributed by atoms with Gasteiger partial charge in [0.05, 0.1) is 12.8 Å². The summed E-state index contributed by atoms with van der Waals surface area (Å²) in [6, 6.07) is 13.7. The van der Waals surface area contributed by atoms with Crippen LogP contribution in [0.3, 0.4) is 0 Å². The van der Waals surface area contributed by atoms with Gasteiger partial charge in [-0.2, -0.15) is 0 Å². The second-order valence-electron chi connectivity index (χ2n) is 3.33. The minimum Gasteiger partial charge on any atom is -0.496 e. The number of methoxy groups -OCH3 is 1. The monoisotopic (exact) mass is 211 g/mol. The van der Waals surface area contributed by atoms with Crippen LogP contribution in [0.1, 0.15) is 11.3 Å². The molecule has 0 N–H and O–H groups in total. The molecule has 2 aromatic rings. The fourth-order valence-electron chi connectivity index (χ4n) is 1.45. The number of ether oxygens (including phenoxy) is 1. The van der Waals surface area contributed by atoms with E-state index in [1.165, 1.54) is 0 Å². The highest BCUT2D eigenvalue weighted by molar-refractivity contribution is 5.71. The Balaban J connectivity index is 2.24. The van der Waals surface area contributed by atoms with Crippen LogP contribution in [0.5, 0.6) is 5.75 Å². The van der Waals surface area contributed by atoms with E-state index in [0.717, 1.165) is 17.0 Å². The SMILES string of the molecule is COc1ccccc1C=Cc1ccccn1. The largest absolute Gasteiger partial charge is 0.496 e. The molecule has 2 rings (SSSR count). The normalized spacial score (nSPS) is 10.6. The van der Waals surface area contributed by atoms with Crippen molar-refractivity contribution in [2.24, 2.45) is 0 Å². The summed E-state index contributed by atoms with van der Waals surface area (Å²) in [6.07, 6.45) is 5.75. The number of para-hydroxylation sites is 1. The van der Waals surface area contributed by atoms with E-state index in [4.69, 9.17) is 4.74 Å². The minimum absolute atomic E-state index is 0.870. The van der Waals surface area contributed by atoms with Crippen molar-refractivity contribution in [3.63, 3.8) is 0 Å².